The van der Waals surface area contributed by atoms with Crippen LogP contribution in [0.4, 0.5) is 5.69 Å². The van der Waals surface area contributed by atoms with Gasteiger partial charge in [0, 0.05) is 29.3 Å². The number of rotatable bonds is 5. The number of non-ortho nitro benzene ring substituents is 1. The van der Waals surface area contributed by atoms with Crippen LogP contribution in [0, 0.1) is 17.0 Å². The normalized spacial score (nSPS) is 11.0. The van der Waals surface area contributed by atoms with E-state index in [4.69, 9.17) is 13.3 Å². The third-order valence-electron chi connectivity index (χ3n) is 4.55. The lowest BCUT2D eigenvalue weighted by atomic mass is 10.2. The molecular weight excluding hydrogens is 402 g/mol. The van der Waals surface area contributed by atoms with Crippen LogP contribution >= 0.6 is 0 Å². The van der Waals surface area contributed by atoms with Gasteiger partial charge in [0.25, 0.3) is 17.5 Å². The van der Waals surface area contributed by atoms with Crippen molar-refractivity contribution in [2.75, 3.05) is 0 Å². The average molecular weight is 415 g/mol. The van der Waals surface area contributed by atoms with Crippen LogP contribution < -0.4 is 0 Å². The summed E-state index contributed by atoms with van der Waals surface area (Å²) in [7, 11) is 0. The summed E-state index contributed by atoms with van der Waals surface area (Å²) in [5.41, 5.74) is 1.92. The largest absolute Gasteiger partial charge is 0.455 e. The Morgan fingerprint density at radius 3 is 2.00 bits per heavy atom. The SMILES string of the molecule is Cc1oc(-c2nnc(-c3ccccc3)o2)cc1-c1nnc(-c2ccc([N+](=O)[O-])cc2)o1. The Labute approximate surface area is 174 Å². The third kappa shape index (κ3) is 3.46. The molecule has 5 aromatic rings. The smallest absolute Gasteiger partial charge is 0.283 e. The molecule has 0 saturated carbocycles. The molecule has 10 nitrogen and oxygen atoms in total. The lowest BCUT2D eigenvalue weighted by molar-refractivity contribution is -0.384. The zero-order valence-electron chi connectivity index (χ0n) is 16.1. The van der Waals surface area contributed by atoms with Gasteiger partial charge in [0.1, 0.15) is 5.76 Å². The number of hydrogen-bond donors (Lipinski definition) is 0. The number of aryl methyl sites for hydroxylation is 1. The van der Waals surface area contributed by atoms with E-state index < -0.39 is 4.92 Å². The fraction of sp³-hybridized carbons (Fsp3) is 0.0476. The number of furan rings is 1. The van der Waals surface area contributed by atoms with Crippen molar-refractivity contribution in [1.29, 1.82) is 0 Å². The first kappa shape index (κ1) is 18.4. The first-order valence-electron chi connectivity index (χ1n) is 9.17. The molecule has 2 aromatic carbocycles. The Hall–Kier alpha value is -4.60. The lowest BCUT2D eigenvalue weighted by Crippen LogP contribution is -1.87. The van der Waals surface area contributed by atoms with Gasteiger partial charge in [-0.1, -0.05) is 18.2 Å². The van der Waals surface area contributed by atoms with Gasteiger partial charge >= 0.3 is 0 Å². The van der Waals surface area contributed by atoms with Crippen molar-refractivity contribution < 1.29 is 18.2 Å². The van der Waals surface area contributed by atoms with E-state index in [0.29, 0.717) is 28.5 Å². The van der Waals surface area contributed by atoms with Gasteiger partial charge in [-0.2, -0.15) is 0 Å². The summed E-state index contributed by atoms with van der Waals surface area (Å²) in [4.78, 5) is 10.3. The minimum Gasteiger partial charge on any atom is -0.455 e. The molecule has 0 spiro atoms. The zero-order chi connectivity index (χ0) is 21.4. The summed E-state index contributed by atoms with van der Waals surface area (Å²) in [5, 5.41) is 27.0. The van der Waals surface area contributed by atoms with Crippen molar-refractivity contribution in [2.24, 2.45) is 0 Å². The van der Waals surface area contributed by atoms with Crippen molar-refractivity contribution in [1.82, 2.24) is 20.4 Å². The molecule has 0 aliphatic rings. The topological polar surface area (TPSA) is 134 Å². The van der Waals surface area contributed by atoms with Crippen LogP contribution in [-0.4, -0.2) is 25.3 Å². The van der Waals surface area contributed by atoms with E-state index in [1.165, 1.54) is 12.1 Å². The van der Waals surface area contributed by atoms with Crippen LogP contribution in [0.25, 0.3) is 46.0 Å². The Morgan fingerprint density at radius 2 is 1.32 bits per heavy atom. The van der Waals surface area contributed by atoms with Gasteiger partial charge in [-0.15, -0.1) is 20.4 Å². The zero-order valence-corrected chi connectivity index (χ0v) is 16.1. The maximum Gasteiger partial charge on any atom is 0.283 e. The van der Waals surface area contributed by atoms with E-state index in [0.717, 1.165) is 5.56 Å². The maximum atomic E-state index is 10.8. The molecule has 31 heavy (non-hydrogen) atoms. The first-order chi connectivity index (χ1) is 15.1. The fourth-order valence-corrected chi connectivity index (χ4v) is 2.99. The highest BCUT2D eigenvalue weighted by molar-refractivity contribution is 5.65. The minimum absolute atomic E-state index is 0.0201. The second kappa shape index (κ2) is 7.34. The van der Waals surface area contributed by atoms with Crippen LogP contribution in [0.5, 0.6) is 0 Å². The number of nitro groups is 1. The molecule has 5 rings (SSSR count). The molecular formula is C21H13N5O5. The van der Waals surface area contributed by atoms with Gasteiger partial charge in [-0.05, 0) is 31.2 Å². The number of nitro benzene ring substituents is 1. The average Bonchev–Trinajstić information content (AvgIpc) is 3.54. The molecule has 0 atom stereocenters. The van der Waals surface area contributed by atoms with E-state index in [1.54, 1.807) is 25.1 Å². The van der Waals surface area contributed by atoms with E-state index in [1.807, 2.05) is 30.3 Å². The molecule has 0 aliphatic carbocycles. The quantitative estimate of drug-likeness (QED) is 0.289. The Morgan fingerprint density at radius 1 is 0.742 bits per heavy atom. The van der Waals surface area contributed by atoms with Crippen LogP contribution in [0.3, 0.4) is 0 Å². The van der Waals surface area contributed by atoms with Crippen molar-refractivity contribution in [2.45, 2.75) is 6.92 Å². The van der Waals surface area contributed by atoms with Crippen LogP contribution in [0.1, 0.15) is 5.76 Å². The summed E-state index contributed by atoms with van der Waals surface area (Å²) in [5.74, 6) is 1.98. The molecule has 3 aromatic heterocycles. The van der Waals surface area contributed by atoms with Crippen molar-refractivity contribution in [3.8, 4) is 46.0 Å². The van der Waals surface area contributed by atoms with E-state index in [2.05, 4.69) is 20.4 Å². The molecule has 152 valence electrons. The lowest BCUT2D eigenvalue weighted by Gasteiger charge is -1.94. The van der Waals surface area contributed by atoms with Crippen molar-refractivity contribution >= 4 is 5.69 Å². The van der Waals surface area contributed by atoms with Gasteiger partial charge in [0.05, 0.1) is 10.5 Å². The van der Waals surface area contributed by atoms with E-state index >= 15 is 0 Å². The molecule has 0 saturated heterocycles. The summed E-state index contributed by atoms with van der Waals surface area (Å²) in [6, 6.07) is 16.9. The van der Waals surface area contributed by atoms with Crippen LogP contribution in [-0.2, 0) is 0 Å². The third-order valence-corrected chi connectivity index (χ3v) is 4.55. The van der Waals surface area contributed by atoms with E-state index in [9.17, 15) is 10.1 Å². The monoisotopic (exact) mass is 415 g/mol. The highest BCUT2D eigenvalue weighted by Crippen LogP contribution is 2.33. The molecule has 0 bridgehead atoms. The first-order valence-corrected chi connectivity index (χ1v) is 9.17. The predicted octanol–water partition coefficient (Wildman–Crippen LogP) is 4.93. The summed E-state index contributed by atoms with van der Waals surface area (Å²) in [6.45, 7) is 1.75. The maximum absolute atomic E-state index is 10.8. The number of nitrogens with zero attached hydrogens (tertiary/aromatic N) is 5. The van der Waals surface area contributed by atoms with E-state index in [-0.39, 0.29) is 23.4 Å². The van der Waals surface area contributed by atoms with Crippen molar-refractivity contribution in [3.05, 3.63) is 76.5 Å². The minimum atomic E-state index is -0.472. The second-order valence-electron chi connectivity index (χ2n) is 6.58. The molecule has 0 unspecified atom stereocenters. The Bertz CT molecular complexity index is 1370. The molecule has 0 fully saturated rings. The van der Waals surface area contributed by atoms with Gasteiger partial charge in [0.2, 0.25) is 11.8 Å². The summed E-state index contributed by atoms with van der Waals surface area (Å²) in [6.07, 6.45) is 0. The predicted molar refractivity (Wildman–Crippen MR) is 108 cm³/mol. The van der Waals surface area contributed by atoms with Gasteiger partial charge in [-0.3, -0.25) is 10.1 Å². The number of benzene rings is 2. The molecule has 3 heterocycles. The van der Waals surface area contributed by atoms with Crippen LogP contribution in [0.15, 0.2) is 73.9 Å². The van der Waals surface area contributed by atoms with Gasteiger partial charge < -0.3 is 13.3 Å². The number of aromatic nitrogens is 4. The molecule has 0 amide bonds. The highest BCUT2D eigenvalue weighted by Gasteiger charge is 2.21. The highest BCUT2D eigenvalue weighted by atomic mass is 16.6. The second-order valence-corrected chi connectivity index (χ2v) is 6.58. The van der Waals surface area contributed by atoms with Gasteiger partial charge in [-0.25, -0.2) is 0 Å². The van der Waals surface area contributed by atoms with Gasteiger partial charge in [0.15, 0.2) is 5.76 Å². The molecule has 0 radical (unpaired) electrons. The molecule has 0 N–H and O–H groups in total. The number of hydrogen-bond acceptors (Lipinski definition) is 9. The Kier molecular flexibility index (Phi) is 4.36. The summed E-state index contributed by atoms with van der Waals surface area (Å²) >= 11 is 0. The molecule has 0 aliphatic heterocycles. The molecule has 10 heteroatoms. The van der Waals surface area contributed by atoms with Crippen LogP contribution in [0.2, 0.25) is 0 Å². The Balaban J connectivity index is 1.43. The standard InChI is InChI=1S/C21H13N5O5/c1-12-16(20-24-22-19(30-20)14-7-9-15(10-8-14)26(27)28)11-17(29-12)21-25-23-18(31-21)13-5-3-2-4-6-13/h2-11H,1H3. The fourth-order valence-electron chi connectivity index (χ4n) is 2.99. The van der Waals surface area contributed by atoms with Crippen molar-refractivity contribution in [3.63, 3.8) is 0 Å². The summed E-state index contributed by atoms with van der Waals surface area (Å²) < 4.78 is 17.2.